The summed E-state index contributed by atoms with van der Waals surface area (Å²) in [6.45, 7) is 3.56. The largest absolute Gasteiger partial charge is 0.476 e. The third kappa shape index (κ3) is 4.37. The molecule has 0 atom stereocenters. The van der Waals surface area contributed by atoms with Crippen LogP contribution in [0.25, 0.3) is 0 Å². The highest BCUT2D eigenvalue weighted by Crippen LogP contribution is 2.14. The van der Waals surface area contributed by atoms with Gasteiger partial charge in [-0.1, -0.05) is 6.07 Å². The lowest BCUT2D eigenvalue weighted by Crippen LogP contribution is -2.48. The molecule has 2 heterocycles. The van der Waals surface area contributed by atoms with Crippen molar-refractivity contribution >= 4 is 29.0 Å². The number of amides is 1. The van der Waals surface area contributed by atoms with E-state index in [4.69, 9.17) is 5.11 Å². The number of carboxylic acids is 1. The quantitative estimate of drug-likeness (QED) is 0.791. The smallest absolute Gasteiger partial charge is 0.372 e. The van der Waals surface area contributed by atoms with Gasteiger partial charge in [-0.05, 0) is 24.4 Å². The Bertz CT molecular complexity index is 507. The topological polar surface area (TPSA) is 77.9 Å². The lowest BCUT2D eigenvalue weighted by molar-refractivity contribution is -0.149. The predicted molar refractivity (Wildman–Crippen MR) is 78.5 cm³/mol. The molecule has 0 bridgehead atoms. The van der Waals surface area contributed by atoms with Crippen LogP contribution in [0, 0.1) is 0 Å². The molecule has 1 aliphatic heterocycles. The molecule has 1 saturated heterocycles. The van der Waals surface area contributed by atoms with Gasteiger partial charge in [0, 0.05) is 32.6 Å². The zero-order valence-electron chi connectivity index (χ0n) is 11.7. The molecule has 1 fully saturated rings. The summed E-state index contributed by atoms with van der Waals surface area (Å²) in [5.41, 5.74) is 0. The number of rotatable bonds is 6. The Morgan fingerprint density at radius 2 is 1.90 bits per heavy atom. The maximum Gasteiger partial charge on any atom is 0.372 e. The standard InChI is InChI=1S/C14H18N2O4S/c17-11(14(19)20)3-1-5-15-6-8-16(9-7-15)13(18)12-4-2-10-21-12/h2,4,10H,1,3,5-9H2,(H,19,20). The molecule has 1 amide bonds. The number of aliphatic carboxylic acids is 1. The van der Waals surface area contributed by atoms with Gasteiger partial charge in [0.05, 0.1) is 4.88 Å². The fourth-order valence-electron chi connectivity index (χ4n) is 2.30. The molecule has 0 aliphatic carbocycles. The third-order valence-corrected chi connectivity index (χ3v) is 4.37. The molecule has 0 radical (unpaired) electrons. The first kappa shape index (κ1) is 15.7. The summed E-state index contributed by atoms with van der Waals surface area (Å²) in [5, 5.41) is 10.4. The molecule has 1 aromatic heterocycles. The van der Waals surface area contributed by atoms with Crippen LogP contribution in [-0.4, -0.2) is 65.3 Å². The Balaban J connectivity index is 1.70. The third-order valence-electron chi connectivity index (χ3n) is 3.51. The van der Waals surface area contributed by atoms with Gasteiger partial charge in [0.1, 0.15) is 0 Å². The average molecular weight is 310 g/mol. The first-order valence-corrected chi connectivity index (χ1v) is 7.77. The van der Waals surface area contributed by atoms with Gasteiger partial charge in [-0.2, -0.15) is 0 Å². The van der Waals surface area contributed by atoms with E-state index in [1.54, 1.807) is 0 Å². The van der Waals surface area contributed by atoms with Crippen molar-refractivity contribution in [1.29, 1.82) is 0 Å². The van der Waals surface area contributed by atoms with Crippen LogP contribution >= 0.6 is 11.3 Å². The fourth-order valence-corrected chi connectivity index (χ4v) is 2.99. The predicted octanol–water partition coefficient (Wildman–Crippen LogP) is 0.940. The van der Waals surface area contributed by atoms with Crippen molar-refractivity contribution in [2.24, 2.45) is 0 Å². The van der Waals surface area contributed by atoms with Crippen molar-refractivity contribution in [2.45, 2.75) is 12.8 Å². The zero-order chi connectivity index (χ0) is 15.2. The molecule has 21 heavy (non-hydrogen) atoms. The number of thiophene rings is 1. The summed E-state index contributed by atoms with van der Waals surface area (Å²) in [4.78, 5) is 38.3. The van der Waals surface area contributed by atoms with E-state index in [9.17, 15) is 14.4 Å². The van der Waals surface area contributed by atoms with Gasteiger partial charge in [0.2, 0.25) is 5.78 Å². The van der Waals surface area contributed by atoms with Gasteiger partial charge >= 0.3 is 5.97 Å². The number of hydrogen-bond acceptors (Lipinski definition) is 5. The lowest BCUT2D eigenvalue weighted by atomic mass is 10.2. The first-order valence-electron chi connectivity index (χ1n) is 6.89. The molecule has 114 valence electrons. The van der Waals surface area contributed by atoms with Gasteiger partial charge in [0.15, 0.2) is 0 Å². The Morgan fingerprint density at radius 1 is 1.19 bits per heavy atom. The van der Waals surface area contributed by atoms with E-state index in [0.29, 0.717) is 26.1 Å². The number of Topliss-reactive ketones (excluding diaryl/α,β-unsaturated/α-hetero) is 1. The maximum atomic E-state index is 12.2. The van der Waals surface area contributed by atoms with Crippen LogP contribution in [0.2, 0.25) is 0 Å². The fraction of sp³-hybridized carbons (Fsp3) is 0.500. The van der Waals surface area contributed by atoms with Gasteiger partial charge in [-0.15, -0.1) is 11.3 Å². The molecule has 1 aromatic rings. The van der Waals surface area contributed by atoms with Gasteiger partial charge in [-0.25, -0.2) is 4.79 Å². The molecule has 0 unspecified atom stereocenters. The minimum Gasteiger partial charge on any atom is -0.476 e. The summed E-state index contributed by atoms with van der Waals surface area (Å²) in [6, 6.07) is 3.70. The maximum absolute atomic E-state index is 12.2. The average Bonchev–Trinajstić information content (AvgIpc) is 3.01. The van der Waals surface area contributed by atoms with Crippen LogP contribution in [0.1, 0.15) is 22.5 Å². The Kier molecular flexibility index (Phi) is 5.46. The van der Waals surface area contributed by atoms with Crippen molar-refractivity contribution < 1.29 is 19.5 Å². The number of piperazine rings is 1. The number of carbonyl (C=O) groups excluding carboxylic acids is 2. The molecular formula is C14H18N2O4S. The van der Waals surface area contributed by atoms with Crippen LogP contribution in [0.15, 0.2) is 17.5 Å². The molecule has 6 nitrogen and oxygen atoms in total. The summed E-state index contributed by atoms with van der Waals surface area (Å²) in [5.74, 6) is -2.02. The van der Waals surface area contributed by atoms with Gasteiger partial charge < -0.3 is 10.0 Å². The Labute approximate surface area is 127 Å². The van der Waals surface area contributed by atoms with Crippen molar-refractivity contribution in [3.63, 3.8) is 0 Å². The molecule has 2 rings (SSSR count). The number of nitrogens with zero attached hydrogens (tertiary/aromatic N) is 2. The van der Waals surface area contributed by atoms with E-state index in [1.807, 2.05) is 22.4 Å². The SMILES string of the molecule is O=C(O)C(=O)CCCN1CCN(C(=O)c2cccs2)CC1. The Hall–Kier alpha value is -1.73. The van der Waals surface area contributed by atoms with E-state index >= 15 is 0 Å². The molecule has 1 N–H and O–H groups in total. The van der Waals surface area contributed by atoms with E-state index in [-0.39, 0.29) is 12.3 Å². The van der Waals surface area contributed by atoms with Crippen molar-refractivity contribution in [3.05, 3.63) is 22.4 Å². The lowest BCUT2D eigenvalue weighted by Gasteiger charge is -2.34. The van der Waals surface area contributed by atoms with Crippen LogP contribution < -0.4 is 0 Å². The first-order chi connectivity index (χ1) is 10.1. The van der Waals surface area contributed by atoms with E-state index in [0.717, 1.165) is 18.0 Å². The minimum atomic E-state index is -1.36. The van der Waals surface area contributed by atoms with Gasteiger partial charge in [0.25, 0.3) is 5.91 Å². The normalized spacial score (nSPS) is 15.9. The molecule has 0 spiro atoms. The van der Waals surface area contributed by atoms with E-state index in [1.165, 1.54) is 11.3 Å². The van der Waals surface area contributed by atoms with E-state index in [2.05, 4.69) is 4.90 Å². The Morgan fingerprint density at radius 3 is 2.48 bits per heavy atom. The number of carbonyl (C=O) groups is 3. The van der Waals surface area contributed by atoms with Crippen molar-refractivity contribution in [2.75, 3.05) is 32.7 Å². The number of hydrogen-bond donors (Lipinski definition) is 1. The van der Waals surface area contributed by atoms with Crippen LogP contribution in [0.5, 0.6) is 0 Å². The second-order valence-corrected chi connectivity index (χ2v) is 5.89. The molecule has 7 heteroatoms. The van der Waals surface area contributed by atoms with E-state index < -0.39 is 11.8 Å². The number of ketones is 1. The molecule has 0 aromatic carbocycles. The second kappa shape index (κ2) is 7.33. The van der Waals surface area contributed by atoms with Gasteiger partial charge in [-0.3, -0.25) is 14.5 Å². The summed E-state index contributed by atoms with van der Waals surface area (Å²) in [7, 11) is 0. The summed E-state index contributed by atoms with van der Waals surface area (Å²) < 4.78 is 0. The highest BCUT2D eigenvalue weighted by Gasteiger charge is 2.22. The minimum absolute atomic E-state index is 0.0731. The van der Waals surface area contributed by atoms with Crippen molar-refractivity contribution in [1.82, 2.24) is 9.80 Å². The van der Waals surface area contributed by atoms with Crippen LogP contribution in [0.3, 0.4) is 0 Å². The summed E-state index contributed by atoms with van der Waals surface area (Å²) >= 11 is 1.45. The van der Waals surface area contributed by atoms with Crippen LogP contribution in [-0.2, 0) is 9.59 Å². The highest BCUT2D eigenvalue weighted by atomic mass is 32.1. The molecule has 1 aliphatic rings. The van der Waals surface area contributed by atoms with Crippen molar-refractivity contribution in [3.8, 4) is 0 Å². The highest BCUT2D eigenvalue weighted by molar-refractivity contribution is 7.12. The zero-order valence-corrected chi connectivity index (χ0v) is 12.5. The monoisotopic (exact) mass is 310 g/mol. The van der Waals surface area contributed by atoms with Crippen LogP contribution in [0.4, 0.5) is 0 Å². The number of carboxylic acid groups (broad SMARTS) is 1. The molecular weight excluding hydrogens is 292 g/mol. The molecule has 0 saturated carbocycles. The summed E-state index contributed by atoms with van der Waals surface area (Å²) in [6.07, 6.45) is 0.619. The second-order valence-electron chi connectivity index (χ2n) is 4.94.